The highest BCUT2D eigenvalue weighted by molar-refractivity contribution is 5.92. The molecule has 0 aromatic heterocycles. The summed E-state index contributed by atoms with van der Waals surface area (Å²) >= 11 is 0. The fourth-order valence-electron chi connectivity index (χ4n) is 2.32. The van der Waals surface area contributed by atoms with Gasteiger partial charge >= 0.3 is 0 Å². The largest absolute Gasteiger partial charge is 0.346 e. The van der Waals surface area contributed by atoms with Crippen molar-refractivity contribution in [3.63, 3.8) is 0 Å². The molecule has 1 amide bonds. The molecule has 2 atom stereocenters. The highest BCUT2D eigenvalue weighted by Crippen LogP contribution is 2.18. The van der Waals surface area contributed by atoms with E-state index in [1.807, 2.05) is 20.8 Å². The zero-order chi connectivity index (χ0) is 16.4. The Labute approximate surface area is 128 Å². The van der Waals surface area contributed by atoms with Crippen molar-refractivity contribution in [1.29, 1.82) is 0 Å². The monoisotopic (exact) mass is 298 g/mol. The van der Waals surface area contributed by atoms with Gasteiger partial charge in [-0.25, -0.2) is 0 Å². The van der Waals surface area contributed by atoms with Gasteiger partial charge in [0.15, 0.2) is 5.78 Å². The molecular weight excluding hydrogens is 268 g/mol. The van der Waals surface area contributed by atoms with Gasteiger partial charge in [-0.2, -0.15) is 0 Å². The van der Waals surface area contributed by atoms with E-state index in [9.17, 15) is 14.4 Å². The maximum atomic E-state index is 12.3. The van der Waals surface area contributed by atoms with Crippen LogP contribution in [0, 0.1) is 11.8 Å². The fraction of sp³-hybridized carbons (Fsp3) is 0.812. The first-order valence-electron chi connectivity index (χ1n) is 7.84. The summed E-state index contributed by atoms with van der Waals surface area (Å²) < 4.78 is 0. The number of nitrogens with one attached hydrogen (secondary N) is 1. The highest BCUT2D eigenvalue weighted by atomic mass is 16.2. The Kier molecular flexibility index (Phi) is 9.88. The zero-order valence-corrected chi connectivity index (χ0v) is 13.8. The van der Waals surface area contributed by atoms with Crippen molar-refractivity contribution in [3.05, 3.63) is 0 Å². The van der Waals surface area contributed by atoms with E-state index in [4.69, 9.17) is 5.73 Å². The SMILES string of the molecule is CCCC(=O)N[C@@H](CCN)C(=O)C[C@@H](CC(C)C)C(C)=O. The number of carbonyl (C=O) groups excluding carboxylic acids is 3. The van der Waals surface area contributed by atoms with Crippen LogP contribution >= 0.6 is 0 Å². The summed E-state index contributed by atoms with van der Waals surface area (Å²) in [5, 5.41) is 2.74. The molecule has 0 saturated heterocycles. The molecule has 122 valence electrons. The molecule has 5 nitrogen and oxygen atoms in total. The van der Waals surface area contributed by atoms with Crippen LogP contribution in [0.1, 0.15) is 59.8 Å². The molecule has 0 saturated carbocycles. The molecule has 0 aromatic carbocycles. The molecule has 0 aromatic rings. The van der Waals surface area contributed by atoms with Crippen molar-refractivity contribution in [1.82, 2.24) is 5.32 Å². The van der Waals surface area contributed by atoms with Crippen molar-refractivity contribution < 1.29 is 14.4 Å². The zero-order valence-electron chi connectivity index (χ0n) is 13.8. The lowest BCUT2D eigenvalue weighted by Crippen LogP contribution is -2.43. The third-order valence-electron chi connectivity index (χ3n) is 3.43. The Bertz CT molecular complexity index is 353. The van der Waals surface area contributed by atoms with Gasteiger partial charge in [-0.05, 0) is 38.6 Å². The number of amides is 1. The Morgan fingerprint density at radius 3 is 2.24 bits per heavy atom. The normalized spacial score (nSPS) is 13.8. The van der Waals surface area contributed by atoms with Gasteiger partial charge in [0.1, 0.15) is 5.78 Å². The van der Waals surface area contributed by atoms with Gasteiger partial charge < -0.3 is 11.1 Å². The van der Waals surface area contributed by atoms with Crippen LogP contribution in [-0.2, 0) is 14.4 Å². The molecule has 0 heterocycles. The first-order chi connectivity index (χ1) is 9.81. The number of Topliss-reactive ketones (excluding diaryl/α,β-unsaturated/α-hetero) is 2. The van der Waals surface area contributed by atoms with Crippen molar-refractivity contribution in [3.8, 4) is 0 Å². The minimum atomic E-state index is -0.567. The highest BCUT2D eigenvalue weighted by Gasteiger charge is 2.25. The minimum absolute atomic E-state index is 0.0310. The van der Waals surface area contributed by atoms with Gasteiger partial charge in [0.2, 0.25) is 5.91 Å². The van der Waals surface area contributed by atoms with E-state index in [1.165, 1.54) is 6.92 Å². The van der Waals surface area contributed by atoms with Crippen molar-refractivity contribution >= 4 is 17.5 Å². The first-order valence-corrected chi connectivity index (χ1v) is 7.84. The van der Waals surface area contributed by atoms with Crippen LogP contribution < -0.4 is 11.1 Å². The van der Waals surface area contributed by atoms with Crippen LogP contribution in [0.4, 0.5) is 0 Å². The van der Waals surface area contributed by atoms with E-state index in [2.05, 4.69) is 5.32 Å². The van der Waals surface area contributed by atoms with Gasteiger partial charge in [-0.1, -0.05) is 20.8 Å². The molecule has 21 heavy (non-hydrogen) atoms. The second-order valence-corrected chi connectivity index (χ2v) is 6.06. The third-order valence-corrected chi connectivity index (χ3v) is 3.43. The summed E-state index contributed by atoms with van der Waals surface area (Å²) in [6.07, 6.45) is 2.43. The van der Waals surface area contributed by atoms with E-state index in [0.717, 1.165) is 6.42 Å². The summed E-state index contributed by atoms with van der Waals surface area (Å²) in [7, 11) is 0. The quantitative estimate of drug-likeness (QED) is 0.609. The van der Waals surface area contributed by atoms with Gasteiger partial charge in [0.25, 0.3) is 0 Å². The van der Waals surface area contributed by atoms with Crippen LogP contribution in [0.25, 0.3) is 0 Å². The molecule has 0 radical (unpaired) electrons. The summed E-state index contributed by atoms with van der Waals surface area (Å²) in [6.45, 7) is 7.82. The summed E-state index contributed by atoms with van der Waals surface area (Å²) in [5.41, 5.74) is 5.52. The Morgan fingerprint density at radius 1 is 1.19 bits per heavy atom. The molecule has 0 rings (SSSR count). The molecule has 0 aliphatic carbocycles. The summed E-state index contributed by atoms with van der Waals surface area (Å²) in [5.74, 6) is -0.100. The number of carbonyl (C=O) groups is 3. The molecule has 0 bridgehead atoms. The van der Waals surface area contributed by atoms with Crippen LogP contribution in [0.3, 0.4) is 0 Å². The first kappa shape index (κ1) is 19.8. The van der Waals surface area contributed by atoms with Crippen LogP contribution in [-0.4, -0.2) is 30.1 Å². The Hall–Kier alpha value is -1.23. The van der Waals surface area contributed by atoms with Crippen LogP contribution in [0.5, 0.6) is 0 Å². The number of hydrogen-bond acceptors (Lipinski definition) is 4. The molecule has 0 aliphatic heterocycles. The average molecular weight is 298 g/mol. The predicted molar refractivity (Wildman–Crippen MR) is 83.8 cm³/mol. The second kappa shape index (κ2) is 10.5. The van der Waals surface area contributed by atoms with E-state index in [1.54, 1.807) is 0 Å². The Morgan fingerprint density at radius 2 is 1.81 bits per heavy atom. The summed E-state index contributed by atoms with van der Waals surface area (Å²) in [6, 6.07) is -0.567. The van der Waals surface area contributed by atoms with Crippen molar-refractivity contribution in [2.75, 3.05) is 6.54 Å². The van der Waals surface area contributed by atoms with Gasteiger partial charge in [-0.15, -0.1) is 0 Å². The fourth-order valence-corrected chi connectivity index (χ4v) is 2.32. The lowest BCUT2D eigenvalue weighted by Gasteiger charge is -2.21. The van der Waals surface area contributed by atoms with Crippen LogP contribution in [0.15, 0.2) is 0 Å². The van der Waals surface area contributed by atoms with Crippen molar-refractivity contribution in [2.24, 2.45) is 17.6 Å². The predicted octanol–water partition coefficient (Wildman–Crippen LogP) is 1.83. The molecule has 0 unspecified atom stereocenters. The third kappa shape index (κ3) is 8.60. The maximum Gasteiger partial charge on any atom is 0.220 e. The van der Waals surface area contributed by atoms with E-state index in [-0.39, 0.29) is 29.8 Å². The standard InChI is InChI=1S/C16H30N2O3/c1-5-6-16(21)18-14(7-8-17)15(20)10-13(12(4)19)9-11(2)3/h11,13-14H,5-10,17H2,1-4H3,(H,18,21)/t13-,14+/m1/s1. The summed E-state index contributed by atoms with van der Waals surface area (Å²) in [4.78, 5) is 35.7. The van der Waals surface area contributed by atoms with Gasteiger partial charge in [-0.3, -0.25) is 14.4 Å². The van der Waals surface area contributed by atoms with E-state index in [0.29, 0.717) is 31.7 Å². The molecule has 0 spiro atoms. The number of ketones is 2. The second-order valence-electron chi connectivity index (χ2n) is 6.06. The lowest BCUT2D eigenvalue weighted by atomic mass is 9.87. The Balaban J connectivity index is 4.70. The maximum absolute atomic E-state index is 12.3. The topological polar surface area (TPSA) is 89.3 Å². The lowest BCUT2D eigenvalue weighted by molar-refractivity contribution is -0.130. The average Bonchev–Trinajstić information content (AvgIpc) is 2.36. The molecular formula is C16H30N2O3. The van der Waals surface area contributed by atoms with Gasteiger partial charge in [0.05, 0.1) is 6.04 Å². The number of hydrogen-bond donors (Lipinski definition) is 2. The van der Waals surface area contributed by atoms with Crippen molar-refractivity contribution in [2.45, 2.75) is 65.8 Å². The smallest absolute Gasteiger partial charge is 0.220 e. The molecule has 3 N–H and O–H groups in total. The number of rotatable bonds is 11. The minimum Gasteiger partial charge on any atom is -0.346 e. The molecule has 5 heteroatoms. The molecule has 0 fully saturated rings. The van der Waals surface area contributed by atoms with Crippen LogP contribution in [0.2, 0.25) is 0 Å². The number of nitrogens with two attached hydrogens (primary N) is 1. The van der Waals surface area contributed by atoms with E-state index >= 15 is 0 Å². The van der Waals surface area contributed by atoms with E-state index < -0.39 is 6.04 Å². The van der Waals surface area contributed by atoms with Gasteiger partial charge in [0, 0.05) is 18.8 Å². The molecule has 0 aliphatic rings.